The van der Waals surface area contributed by atoms with Crippen molar-refractivity contribution in [2.24, 2.45) is 5.41 Å². The molecule has 1 heterocycles. The minimum absolute atomic E-state index is 0.347. The second kappa shape index (κ2) is 4.28. The molecule has 0 radical (unpaired) electrons. The van der Waals surface area contributed by atoms with E-state index in [2.05, 4.69) is 18.7 Å². The molecule has 0 aromatic rings. The van der Waals surface area contributed by atoms with Gasteiger partial charge >= 0.3 is 5.97 Å². The van der Waals surface area contributed by atoms with Gasteiger partial charge in [0.25, 0.3) is 0 Å². The number of hydrogen-bond acceptors (Lipinski definition) is 3. The highest BCUT2D eigenvalue weighted by Gasteiger charge is 2.43. The van der Waals surface area contributed by atoms with Crippen LogP contribution < -0.4 is 0 Å². The normalized spacial score (nSPS) is 27.5. The van der Waals surface area contributed by atoms with Gasteiger partial charge in [0.2, 0.25) is 0 Å². The first-order valence-corrected chi connectivity index (χ1v) is 4.99. The van der Waals surface area contributed by atoms with Gasteiger partial charge in [0.1, 0.15) is 5.41 Å². The fourth-order valence-electron chi connectivity index (χ4n) is 1.63. The lowest BCUT2D eigenvalue weighted by Gasteiger charge is -2.30. The first kappa shape index (κ1) is 11.5. The molecular weight excluding hydrogens is 182 g/mol. The van der Waals surface area contributed by atoms with E-state index in [0.717, 1.165) is 0 Å². The topological polar surface area (TPSA) is 49.8 Å². The first-order valence-electron chi connectivity index (χ1n) is 4.99. The van der Waals surface area contributed by atoms with Crippen LogP contribution in [0.5, 0.6) is 0 Å². The van der Waals surface area contributed by atoms with E-state index in [1.165, 1.54) is 0 Å². The monoisotopic (exact) mass is 201 g/mol. The van der Waals surface area contributed by atoms with E-state index in [1.807, 2.05) is 7.05 Å². The van der Waals surface area contributed by atoms with Gasteiger partial charge in [-0.25, -0.2) is 0 Å². The van der Waals surface area contributed by atoms with Crippen LogP contribution in [0.25, 0.3) is 0 Å². The summed E-state index contributed by atoms with van der Waals surface area (Å²) < 4.78 is 5.19. The van der Waals surface area contributed by atoms with Crippen molar-refractivity contribution >= 4 is 5.97 Å². The van der Waals surface area contributed by atoms with Crippen molar-refractivity contribution in [3.63, 3.8) is 0 Å². The Hall–Kier alpha value is -0.610. The summed E-state index contributed by atoms with van der Waals surface area (Å²) in [5, 5.41) is 9.19. The van der Waals surface area contributed by atoms with E-state index in [1.54, 1.807) is 0 Å². The van der Waals surface area contributed by atoms with Crippen LogP contribution in [0.2, 0.25) is 0 Å². The second-order valence-electron chi connectivity index (χ2n) is 4.40. The Morgan fingerprint density at radius 3 is 2.64 bits per heavy atom. The van der Waals surface area contributed by atoms with Gasteiger partial charge < -0.3 is 14.7 Å². The van der Waals surface area contributed by atoms with Gasteiger partial charge in [0.15, 0.2) is 0 Å². The standard InChI is InChI=1S/C10H19NO3/c1-8(2)11(3)6-10(9(12)13)4-5-14-7-10/h8H,4-7H2,1-3H3,(H,12,13). The van der Waals surface area contributed by atoms with Crippen molar-refractivity contribution in [1.29, 1.82) is 0 Å². The molecule has 14 heavy (non-hydrogen) atoms. The van der Waals surface area contributed by atoms with E-state index in [0.29, 0.717) is 32.2 Å². The first-order chi connectivity index (χ1) is 6.48. The molecule has 1 aliphatic heterocycles. The van der Waals surface area contributed by atoms with E-state index >= 15 is 0 Å². The molecule has 1 N–H and O–H groups in total. The van der Waals surface area contributed by atoms with E-state index in [-0.39, 0.29) is 0 Å². The van der Waals surface area contributed by atoms with Crippen LogP contribution in [0.1, 0.15) is 20.3 Å². The Kier molecular flexibility index (Phi) is 3.50. The molecule has 1 atom stereocenters. The summed E-state index contributed by atoms with van der Waals surface area (Å²) in [6, 6.07) is 0.367. The average Bonchev–Trinajstić information content (AvgIpc) is 2.53. The molecule has 0 amide bonds. The third-order valence-corrected chi connectivity index (χ3v) is 2.99. The third-order valence-electron chi connectivity index (χ3n) is 2.99. The molecule has 0 saturated carbocycles. The number of aliphatic carboxylic acids is 1. The molecule has 0 aliphatic carbocycles. The van der Waals surface area contributed by atoms with Crippen molar-refractivity contribution in [2.75, 3.05) is 26.8 Å². The Labute approximate surface area is 84.8 Å². The number of hydrogen-bond donors (Lipinski definition) is 1. The number of carboxylic acids is 1. The number of ether oxygens (including phenoxy) is 1. The summed E-state index contributed by atoms with van der Waals surface area (Å²) in [6.45, 7) is 5.61. The van der Waals surface area contributed by atoms with Crippen LogP contribution in [0, 0.1) is 5.41 Å². The lowest BCUT2D eigenvalue weighted by molar-refractivity contribution is -0.150. The maximum Gasteiger partial charge on any atom is 0.313 e. The zero-order chi connectivity index (χ0) is 10.8. The minimum atomic E-state index is -0.734. The number of rotatable bonds is 4. The molecule has 1 rings (SSSR count). The molecule has 4 heteroatoms. The SMILES string of the molecule is CC(C)N(C)CC1(C(=O)O)CCOC1. The van der Waals surface area contributed by atoms with Gasteiger partial charge in [-0.05, 0) is 27.3 Å². The van der Waals surface area contributed by atoms with Gasteiger partial charge in [0, 0.05) is 19.2 Å². The van der Waals surface area contributed by atoms with Crippen molar-refractivity contribution < 1.29 is 14.6 Å². The van der Waals surface area contributed by atoms with Crippen LogP contribution in [0.3, 0.4) is 0 Å². The molecule has 4 nitrogen and oxygen atoms in total. The Morgan fingerprint density at radius 1 is 1.64 bits per heavy atom. The fraction of sp³-hybridized carbons (Fsp3) is 0.900. The molecule has 1 saturated heterocycles. The highest BCUT2D eigenvalue weighted by molar-refractivity contribution is 5.75. The lowest BCUT2D eigenvalue weighted by atomic mass is 9.86. The Morgan fingerprint density at radius 2 is 2.29 bits per heavy atom. The number of carbonyl (C=O) groups is 1. The third kappa shape index (κ3) is 2.25. The summed E-state index contributed by atoms with van der Waals surface area (Å²) in [5.41, 5.74) is -0.682. The molecule has 82 valence electrons. The maximum absolute atomic E-state index is 11.2. The molecular formula is C10H19NO3. The Bertz CT molecular complexity index is 209. The van der Waals surface area contributed by atoms with Crippen molar-refractivity contribution in [3.05, 3.63) is 0 Å². The highest BCUT2D eigenvalue weighted by Crippen LogP contribution is 2.30. The fourth-order valence-corrected chi connectivity index (χ4v) is 1.63. The van der Waals surface area contributed by atoms with Gasteiger partial charge in [-0.15, -0.1) is 0 Å². The minimum Gasteiger partial charge on any atom is -0.481 e. The summed E-state index contributed by atoms with van der Waals surface area (Å²) in [6.07, 6.45) is 0.624. The van der Waals surface area contributed by atoms with Crippen LogP contribution in [-0.2, 0) is 9.53 Å². The largest absolute Gasteiger partial charge is 0.481 e. The van der Waals surface area contributed by atoms with E-state index < -0.39 is 11.4 Å². The predicted molar refractivity (Wildman–Crippen MR) is 53.3 cm³/mol. The molecule has 0 spiro atoms. The highest BCUT2D eigenvalue weighted by atomic mass is 16.5. The van der Waals surface area contributed by atoms with E-state index in [4.69, 9.17) is 4.74 Å². The van der Waals surface area contributed by atoms with Crippen molar-refractivity contribution in [1.82, 2.24) is 4.90 Å². The lowest BCUT2D eigenvalue weighted by Crippen LogP contribution is -2.44. The quantitative estimate of drug-likeness (QED) is 0.731. The van der Waals surface area contributed by atoms with E-state index in [9.17, 15) is 9.90 Å². The average molecular weight is 201 g/mol. The molecule has 1 fully saturated rings. The van der Waals surface area contributed by atoms with Gasteiger partial charge in [-0.2, -0.15) is 0 Å². The summed E-state index contributed by atoms with van der Waals surface area (Å²) in [4.78, 5) is 13.2. The molecule has 0 bridgehead atoms. The number of carboxylic acid groups (broad SMARTS) is 1. The van der Waals surface area contributed by atoms with Crippen molar-refractivity contribution in [3.8, 4) is 0 Å². The zero-order valence-electron chi connectivity index (χ0n) is 9.12. The summed E-state index contributed by atoms with van der Waals surface area (Å²) >= 11 is 0. The zero-order valence-corrected chi connectivity index (χ0v) is 9.12. The second-order valence-corrected chi connectivity index (χ2v) is 4.40. The van der Waals surface area contributed by atoms with Gasteiger partial charge in [-0.3, -0.25) is 4.79 Å². The summed E-state index contributed by atoms with van der Waals surface area (Å²) in [7, 11) is 1.95. The maximum atomic E-state index is 11.2. The Balaban J connectivity index is 2.65. The van der Waals surface area contributed by atoms with Gasteiger partial charge in [0.05, 0.1) is 6.61 Å². The molecule has 0 aromatic heterocycles. The molecule has 1 unspecified atom stereocenters. The van der Waals surface area contributed by atoms with Crippen molar-refractivity contribution in [2.45, 2.75) is 26.3 Å². The van der Waals surface area contributed by atoms with Crippen LogP contribution in [0.4, 0.5) is 0 Å². The predicted octanol–water partition coefficient (Wildman–Crippen LogP) is 0.818. The van der Waals surface area contributed by atoms with Gasteiger partial charge in [-0.1, -0.05) is 0 Å². The van der Waals surface area contributed by atoms with Crippen LogP contribution >= 0.6 is 0 Å². The molecule has 1 aliphatic rings. The smallest absolute Gasteiger partial charge is 0.313 e. The van der Waals surface area contributed by atoms with Crippen LogP contribution in [0.15, 0.2) is 0 Å². The summed E-state index contributed by atoms with van der Waals surface area (Å²) in [5.74, 6) is -0.734. The number of nitrogens with zero attached hydrogens (tertiary/aromatic N) is 1. The van der Waals surface area contributed by atoms with Crippen LogP contribution in [-0.4, -0.2) is 48.8 Å². The molecule has 0 aromatic carbocycles.